The molecule has 3 rings (SSSR count). The van der Waals surface area contributed by atoms with E-state index < -0.39 is 18.5 Å². The molecule has 1 aliphatic rings. The van der Waals surface area contributed by atoms with Crippen LogP contribution in [0.5, 0.6) is 11.5 Å². The average molecular weight is 384 g/mol. The Morgan fingerprint density at radius 2 is 1.75 bits per heavy atom. The van der Waals surface area contributed by atoms with E-state index in [4.69, 9.17) is 14.2 Å². The number of hydrogen-bond donors (Lipinski definition) is 2. The maximum atomic E-state index is 12.2. The minimum Gasteiger partial charge on any atom is -0.497 e. The number of methoxy groups -OCH3 is 2. The Kier molecular flexibility index (Phi) is 5.78. The fourth-order valence-corrected chi connectivity index (χ4v) is 2.80. The summed E-state index contributed by atoms with van der Waals surface area (Å²) in [6, 6.07) is 9.80. The molecule has 0 fully saturated rings. The van der Waals surface area contributed by atoms with Crippen LogP contribution in [-0.2, 0) is 20.7 Å². The molecule has 0 saturated carbocycles. The summed E-state index contributed by atoms with van der Waals surface area (Å²) in [6.45, 7) is -0.438. The number of esters is 1. The molecule has 2 amide bonds. The molecule has 8 heteroatoms. The summed E-state index contributed by atoms with van der Waals surface area (Å²) in [7, 11) is 3.01. The third-order valence-corrected chi connectivity index (χ3v) is 4.21. The molecular weight excluding hydrogens is 364 g/mol. The predicted molar refractivity (Wildman–Crippen MR) is 102 cm³/mol. The highest BCUT2D eigenvalue weighted by Gasteiger charge is 2.18. The highest BCUT2D eigenvalue weighted by Crippen LogP contribution is 2.26. The minimum absolute atomic E-state index is 0.0475. The quantitative estimate of drug-likeness (QED) is 0.742. The summed E-state index contributed by atoms with van der Waals surface area (Å²) in [5, 5.41) is 5.38. The Labute approximate surface area is 161 Å². The van der Waals surface area contributed by atoms with Gasteiger partial charge in [-0.15, -0.1) is 0 Å². The standard InChI is InChI=1S/C20H20N2O6/c1-26-15-8-14(9-16(10-15)27-2)21-19(24)11-28-20(25)13-3-5-17-12(7-13)4-6-18(23)22-17/h3,5,7-10H,4,6,11H2,1-2H3,(H,21,24)(H,22,23). The highest BCUT2D eigenvalue weighted by atomic mass is 16.5. The van der Waals surface area contributed by atoms with Gasteiger partial charge in [-0.3, -0.25) is 9.59 Å². The van der Waals surface area contributed by atoms with Gasteiger partial charge in [0.2, 0.25) is 5.91 Å². The molecule has 2 N–H and O–H groups in total. The Bertz CT molecular complexity index is 903. The van der Waals surface area contributed by atoms with Crippen molar-refractivity contribution in [2.24, 2.45) is 0 Å². The number of ether oxygens (including phenoxy) is 3. The summed E-state index contributed by atoms with van der Waals surface area (Å²) in [4.78, 5) is 35.7. The number of amides is 2. The van der Waals surface area contributed by atoms with Crippen LogP contribution in [0.2, 0.25) is 0 Å². The van der Waals surface area contributed by atoms with Crippen LogP contribution in [0.15, 0.2) is 36.4 Å². The summed E-state index contributed by atoms with van der Waals surface area (Å²) in [6.07, 6.45) is 0.929. The van der Waals surface area contributed by atoms with Crippen LogP contribution >= 0.6 is 0 Å². The van der Waals surface area contributed by atoms with Crippen molar-refractivity contribution in [2.75, 3.05) is 31.5 Å². The number of anilines is 2. The van der Waals surface area contributed by atoms with Gasteiger partial charge < -0.3 is 24.8 Å². The first-order valence-corrected chi connectivity index (χ1v) is 8.61. The highest BCUT2D eigenvalue weighted by molar-refractivity contribution is 5.97. The van der Waals surface area contributed by atoms with Gasteiger partial charge in [0.1, 0.15) is 11.5 Å². The van der Waals surface area contributed by atoms with Gasteiger partial charge in [-0.2, -0.15) is 0 Å². The lowest BCUT2D eigenvalue weighted by molar-refractivity contribution is -0.119. The number of benzene rings is 2. The lowest BCUT2D eigenvalue weighted by Gasteiger charge is -2.17. The smallest absolute Gasteiger partial charge is 0.338 e. The van der Waals surface area contributed by atoms with Crippen LogP contribution in [-0.4, -0.2) is 38.6 Å². The normalized spacial score (nSPS) is 12.4. The van der Waals surface area contributed by atoms with Crippen molar-refractivity contribution in [3.63, 3.8) is 0 Å². The van der Waals surface area contributed by atoms with Gasteiger partial charge in [0.15, 0.2) is 6.61 Å². The lowest BCUT2D eigenvalue weighted by Crippen LogP contribution is -2.22. The zero-order valence-electron chi connectivity index (χ0n) is 15.5. The van der Waals surface area contributed by atoms with E-state index in [2.05, 4.69) is 10.6 Å². The number of nitrogens with one attached hydrogen (secondary N) is 2. The number of carbonyl (C=O) groups excluding carboxylic acids is 3. The second kappa shape index (κ2) is 8.43. The molecule has 2 aromatic carbocycles. The van der Waals surface area contributed by atoms with E-state index in [9.17, 15) is 14.4 Å². The number of rotatable bonds is 6. The maximum Gasteiger partial charge on any atom is 0.338 e. The van der Waals surface area contributed by atoms with Crippen molar-refractivity contribution in [1.82, 2.24) is 0 Å². The number of fused-ring (bicyclic) bond motifs is 1. The van der Waals surface area contributed by atoms with Crippen LogP contribution in [0, 0.1) is 0 Å². The van der Waals surface area contributed by atoms with Gasteiger partial charge >= 0.3 is 5.97 Å². The van der Waals surface area contributed by atoms with E-state index in [-0.39, 0.29) is 5.91 Å². The molecule has 1 aliphatic heterocycles. The van der Waals surface area contributed by atoms with Crippen molar-refractivity contribution < 1.29 is 28.6 Å². The van der Waals surface area contributed by atoms with Crippen molar-refractivity contribution in [2.45, 2.75) is 12.8 Å². The topological polar surface area (TPSA) is 103 Å². The molecule has 0 radical (unpaired) electrons. The van der Waals surface area contributed by atoms with Gasteiger partial charge in [-0.05, 0) is 30.2 Å². The molecule has 0 aliphatic carbocycles. The molecule has 0 unspecified atom stereocenters. The molecule has 0 atom stereocenters. The third kappa shape index (κ3) is 4.59. The van der Waals surface area contributed by atoms with Gasteiger partial charge in [0.05, 0.1) is 19.8 Å². The summed E-state index contributed by atoms with van der Waals surface area (Å²) in [5.74, 6) is -0.110. The van der Waals surface area contributed by atoms with E-state index in [0.29, 0.717) is 41.3 Å². The second-order valence-corrected chi connectivity index (χ2v) is 6.15. The van der Waals surface area contributed by atoms with E-state index >= 15 is 0 Å². The Morgan fingerprint density at radius 1 is 1.04 bits per heavy atom. The number of aryl methyl sites for hydroxylation is 1. The molecule has 8 nitrogen and oxygen atoms in total. The van der Waals surface area contributed by atoms with Crippen molar-refractivity contribution in [1.29, 1.82) is 0 Å². The lowest BCUT2D eigenvalue weighted by atomic mass is 10.0. The zero-order chi connectivity index (χ0) is 20.1. The number of hydrogen-bond acceptors (Lipinski definition) is 6. The zero-order valence-corrected chi connectivity index (χ0v) is 15.5. The van der Waals surface area contributed by atoms with Gasteiger partial charge in [0, 0.05) is 36.0 Å². The maximum absolute atomic E-state index is 12.2. The first-order chi connectivity index (χ1) is 13.5. The van der Waals surface area contributed by atoms with E-state index in [0.717, 1.165) is 5.56 Å². The van der Waals surface area contributed by atoms with E-state index in [1.165, 1.54) is 14.2 Å². The fourth-order valence-electron chi connectivity index (χ4n) is 2.80. The molecule has 2 aromatic rings. The summed E-state index contributed by atoms with van der Waals surface area (Å²) >= 11 is 0. The monoisotopic (exact) mass is 384 g/mol. The third-order valence-electron chi connectivity index (χ3n) is 4.21. The largest absolute Gasteiger partial charge is 0.497 e. The number of carbonyl (C=O) groups is 3. The predicted octanol–water partition coefficient (Wildman–Crippen LogP) is 2.38. The van der Waals surface area contributed by atoms with E-state index in [1.54, 1.807) is 36.4 Å². The summed E-state index contributed by atoms with van der Waals surface area (Å²) < 4.78 is 15.4. The molecule has 28 heavy (non-hydrogen) atoms. The first kappa shape index (κ1) is 19.2. The molecule has 0 saturated heterocycles. The first-order valence-electron chi connectivity index (χ1n) is 8.61. The van der Waals surface area contributed by atoms with Crippen LogP contribution < -0.4 is 20.1 Å². The van der Waals surface area contributed by atoms with Gasteiger partial charge in [-0.25, -0.2) is 4.79 Å². The Balaban J connectivity index is 1.59. The molecule has 146 valence electrons. The van der Waals surface area contributed by atoms with Crippen LogP contribution in [0.25, 0.3) is 0 Å². The van der Waals surface area contributed by atoms with Crippen LogP contribution in [0.4, 0.5) is 11.4 Å². The molecule has 0 bridgehead atoms. The van der Waals surface area contributed by atoms with E-state index in [1.807, 2.05) is 0 Å². The van der Waals surface area contributed by atoms with Crippen LogP contribution in [0.3, 0.4) is 0 Å². The minimum atomic E-state index is -0.613. The van der Waals surface area contributed by atoms with Crippen molar-refractivity contribution in [3.8, 4) is 11.5 Å². The average Bonchev–Trinajstić information content (AvgIpc) is 2.71. The fraction of sp³-hybridized carbons (Fsp3) is 0.250. The molecule has 0 spiro atoms. The molecule has 1 heterocycles. The van der Waals surface area contributed by atoms with Gasteiger partial charge in [0.25, 0.3) is 5.91 Å². The van der Waals surface area contributed by atoms with Crippen LogP contribution in [0.1, 0.15) is 22.3 Å². The molecular formula is C20H20N2O6. The SMILES string of the molecule is COc1cc(NC(=O)COC(=O)c2ccc3c(c2)CCC(=O)N3)cc(OC)c1. The second-order valence-electron chi connectivity index (χ2n) is 6.15. The van der Waals surface area contributed by atoms with Crippen molar-refractivity contribution in [3.05, 3.63) is 47.5 Å². The molecule has 0 aromatic heterocycles. The Hall–Kier alpha value is -3.55. The van der Waals surface area contributed by atoms with Crippen molar-refractivity contribution >= 4 is 29.2 Å². The summed E-state index contributed by atoms with van der Waals surface area (Å²) in [5.41, 5.74) is 2.34. The van der Waals surface area contributed by atoms with Gasteiger partial charge in [-0.1, -0.05) is 0 Å². The Morgan fingerprint density at radius 3 is 2.43 bits per heavy atom.